The molecule has 1 aromatic heterocycles. The molecule has 142 valence electrons. The van der Waals surface area contributed by atoms with Crippen molar-refractivity contribution < 1.29 is 4.79 Å². The van der Waals surface area contributed by atoms with Crippen molar-refractivity contribution in [1.29, 1.82) is 0 Å². The van der Waals surface area contributed by atoms with Gasteiger partial charge in [0.25, 0.3) is 0 Å². The summed E-state index contributed by atoms with van der Waals surface area (Å²) in [5.41, 5.74) is 2.39. The minimum absolute atomic E-state index is 0.0968. The van der Waals surface area contributed by atoms with E-state index < -0.39 is 0 Å². The summed E-state index contributed by atoms with van der Waals surface area (Å²) in [5.74, 6) is 0.0968. The van der Waals surface area contributed by atoms with Crippen molar-refractivity contribution in [1.82, 2.24) is 10.3 Å². The monoisotopic (exact) mass is 378 g/mol. The predicted octanol–water partition coefficient (Wildman–Crippen LogP) is 5.62. The number of nitrogens with zero attached hydrogens (tertiary/aromatic N) is 1. The lowest BCUT2D eigenvalue weighted by Crippen LogP contribution is -2.22. The topological polar surface area (TPSA) is 42.0 Å². The molecule has 0 radical (unpaired) electrons. The number of carbonyl (C=O) groups excluding carboxylic acids is 1. The number of benzene rings is 4. The number of nitrogens with one attached hydrogen (secondary N) is 1. The third-order valence-corrected chi connectivity index (χ3v) is 5.71. The lowest BCUT2D eigenvalue weighted by Gasteiger charge is -2.14. The van der Waals surface area contributed by atoms with Crippen molar-refractivity contribution in [2.24, 2.45) is 0 Å². The molecular formula is C26H22N2O. The summed E-state index contributed by atoms with van der Waals surface area (Å²) >= 11 is 0. The van der Waals surface area contributed by atoms with Crippen molar-refractivity contribution in [3.8, 4) is 0 Å². The number of aryl methyl sites for hydroxylation is 1. The lowest BCUT2D eigenvalue weighted by molar-refractivity contribution is -0.121. The average molecular weight is 378 g/mol. The van der Waals surface area contributed by atoms with Gasteiger partial charge in [-0.05, 0) is 68.4 Å². The van der Waals surface area contributed by atoms with Crippen molar-refractivity contribution >= 4 is 38.2 Å². The molecule has 0 aliphatic rings. The first-order chi connectivity index (χ1) is 14.3. The standard InChI is InChI=1S/C26H22N2O/c29-24(28-17-18-13-15-27-16-14-18)6-2-3-19-7-8-22-10-9-20-4-1-5-21-11-12-23(19)26(22)25(20)21/h1,4-5,7-16H,2-3,6,17H2,(H,28,29). The van der Waals surface area contributed by atoms with Gasteiger partial charge in [0.05, 0.1) is 0 Å². The fourth-order valence-corrected chi connectivity index (χ4v) is 4.24. The number of aromatic nitrogens is 1. The van der Waals surface area contributed by atoms with Gasteiger partial charge in [-0.25, -0.2) is 0 Å². The van der Waals surface area contributed by atoms with Crippen LogP contribution in [0.1, 0.15) is 24.0 Å². The van der Waals surface area contributed by atoms with Gasteiger partial charge >= 0.3 is 0 Å². The molecular weight excluding hydrogens is 356 g/mol. The van der Waals surface area contributed by atoms with E-state index in [1.54, 1.807) is 12.4 Å². The molecule has 5 rings (SSSR count). The number of carbonyl (C=O) groups is 1. The minimum Gasteiger partial charge on any atom is -0.352 e. The highest BCUT2D eigenvalue weighted by Gasteiger charge is 2.11. The first-order valence-electron chi connectivity index (χ1n) is 10.1. The van der Waals surface area contributed by atoms with Crippen LogP contribution in [0.5, 0.6) is 0 Å². The molecule has 0 unspecified atom stereocenters. The number of hydrogen-bond acceptors (Lipinski definition) is 2. The summed E-state index contributed by atoms with van der Waals surface area (Å²) < 4.78 is 0. The zero-order valence-corrected chi connectivity index (χ0v) is 16.2. The zero-order chi connectivity index (χ0) is 19.6. The van der Waals surface area contributed by atoms with Crippen molar-refractivity contribution in [3.05, 3.63) is 90.3 Å². The SMILES string of the molecule is O=C(CCCc1ccc2ccc3cccc4ccc1c2c34)NCc1ccncc1. The van der Waals surface area contributed by atoms with Crippen LogP contribution in [0.25, 0.3) is 32.3 Å². The van der Waals surface area contributed by atoms with Crippen LogP contribution in [0.4, 0.5) is 0 Å². The molecule has 1 amide bonds. The second-order valence-corrected chi connectivity index (χ2v) is 7.57. The molecule has 0 bridgehead atoms. The quantitative estimate of drug-likeness (QED) is 0.390. The van der Waals surface area contributed by atoms with Crippen LogP contribution >= 0.6 is 0 Å². The molecule has 3 heteroatoms. The van der Waals surface area contributed by atoms with Gasteiger partial charge < -0.3 is 5.32 Å². The van der Waals surface area contributed by atoms with Gasteiger partial charge in [0, 0.05) is 25.4 Å². The molecule has 0 saturated carbocycles. The van der Waals surface area contributed by atoms with Crippen LogP contribution in [-0.2, 0) is 17.8 Å². The molecule has 0 fully saturated rings. The van der Waals surface area contributed by atoms with Crippen LogP contribution in [-0.4, -0.2) is 10.9 Å². The van der Waals surface area contributed by atoms with Gasteiger partial charge in [0.15, 0.2) is 0 Å². The Balaban J connectivity index is 1.32. The van der Waals surface area contributed by atoms with Crippen LogP contribution in [0, 0.1) is 0 Å². The van der Waals surface area contributed by atoms with E-state index in [1.165, 1.54) is 37.9 Å². The molecule has 4 aromatic carbocycles. The van der Waals surface area contributed by atoms with E-state index in [9.17, 15) is 4.79 Å². The normalized spacial score (nSPS) is 11.4. The number of rotatable bonds is 6. The van der Waals surface area contributed by atoms with Gasteiger partial charge in [0.2, 0.25) is 5.91 Å². The highest BCUT2D eigenvalue weighted by atomic mass is 16.1. The maximum atomic E-state index is 12.2. The molecule has 0 spiro atoms. The molecule has 0 saturated heterocycles. The largest absolute Gasteiger partial charge is 0.352 e. The van der Waals surface area contributed by atoms with Gasteiger partial charge in [-0.1, -0.05) is 54.6 Å². The van der Waals surface area contributed by atoms with Gasteiger partial charge in [0.1, 0.15) is 0 Å². The maximum absolute atomic E-state index is 12.2. The summed E-state index contributed by atoms with van der Waals surface area (Å²) in [6, 6.07) is 23.6. The fourth-order valence-electron chi connectivity index (χ4n) is 4.24. The van der Waals surface area contributed by atoms with Gasteiger partial charge in [-0.3, -0.25) is 9.78 Å². The molecule has 1 heterocycles. The molecule has 0 atom stereocenters. The number of pyridine rings is 1. The van der Waals surface area contributed by atoms with E-state index in [4.69, 9.17) is 0 Å². The third kappa shape index (κ3) is 3.40. The summed E-state index contributed by atoms with van der Waals surface area (Å²) in [7, 11) is 0. The Hall–Kier alpha value is -3.46. The lowest BCUT2D eigenvalue weighted by atomic mass is 9.90. The predicted molar refractivity (Wildman–Crippen MR) is 119 cm³/mol. The fraction of sp³-hybridized carbons (Fsp3) is 0.154. The number of hydrogen-bond donors (Lipinski definition) is 1. The first kappa shape index (κ1) is 17.6. The summed E-state index contributed by atoms with van der Waals surface area (Å²) in [5, 5.41) is 10.9. The Morgan fingerprint density at radius 3 is 2.28 bits per heavy atom. The molecule has 5 aromatic rings. The summed E-state index contributed by atoms with van der Waals surface area (Å²) in [6.07, 6.45) is 5.76. The van der Waals surface area contributed by atoms with Gasteiger partial charge in [-0.15, -0.1) is 0 Å². The molecule has 0 aliphatic heterocycles. The number of amides is 1. The Bertz CT molecular complexity index is 1280. The Labute approximate surface area is 169 Å². The van der Waals surface area contributed by atoms with E-state index in [0.717, 1.165) is 18.4 Å². The Kier molecular flexibility index (Phi) is 4.57. The zero-order valence-electron chi connectivity index (χ0n) is 16.2. The smallest absolute Gasteiger partial charge is 0.220 e. The van der Waals surface area contributed by atoms with Crippen LogP contribution in [0.3, 0.4) is 0 Å². The molecule has 0 aliphatic carbocycles. The Morgan fingerprint density at radius 2 is 1.48 bits per heavy atom. The summed E-state index contributed by atoms with van der Waals surface area (Å²) in [4.78, 5) is 16.2. The van der Waals surface area contributed by atoms with E-state index >= 15 is 0 Å². The van der Waals surface area contributed by atoms with E-state index in [2.05, 4.69) is 64.9 Å². The Morgan fingerprint density at radius 1 is 0.793 bits per heavy atom. The summed E-state index contributed by atoms with van der Waals surface area (Å²) in [6.45, 7) is 0.556. The van der Waals surface area contributed by atoms with E-state index in [1.807, 2.05) is 12.1 Å². The van der Waals surface area contributed by atoms with Crippen molar-refractivity contribution in [2.75, 3.05) is 0 Å². The molecule has 3 nitrogen and oxygen atoms in total. The third-order valence-electron chi connectivity index (χ3n) is 5.71. The van der Waals surface area contributed by atoms with E-state index in [-0.39, 0.29) is 5.91 Å². The minimum atomic E-state index is 0.0968. The van der Waals surface area contributed by atoms with Crippen LogP contribution < -0.4 is 5.32 Å². The van der Waals surface area contributed by atoms with Crippen molar-refractivity contribution in [2.45, 2.75) is 25.8 Å². The van der Waals surface area contributed by atoms with Crippen molar-refractivity contribution in [3.63, 3.8) is 0 Å². The molecule has 1 N–H and O–H groups in total. The van der Waals surface area contributed by atoms with Crippen LogP contribution in [0.15, 0.2) is 79.1 Å². The van der Waals surface area contributed by atoms with Crippen LogP contribution in [0.2, 0.25) is 0 Å². The first-order valence-corrected chi connectivity index (χ1v) is 10.1. The second-order valence-electron chi connectivity index (χ2n) is 7.57. The highest BCUT2D eigenvalue weighted by molar-refractivity contribution is 6.23. The second kappa shape index (κ2) is 7.51. The van der Waals surface area contributed by atoms with E-state index in [0.29, 0.717) is 13.0 Å². The molecule has 29 heavy (non-hydrogen) atoms. The maximum Gasteiger partial charge on any atom is 0.220 e. The highest BCUT2D eigenvalue weighted by Crippen LogP contribution is 2.36. The average Bonchev–Trinajstić information content (AvgIpc) is 2.77. The van der Waals surface area contributed by atoms with Gasteiger partial charge in [-0.2, -0.15) is 0 Å².